The maximum atomic E-state index is 8.94. The Kier molecular flexibility index (Phi) is 4.17. The van der Waals surface area contributed by atoms with Gasteiger partial charge in [0.2, 0.25) is 0 Å². The molecular weight excluding hydrogens is 154 g/mol. The number of aliphatic hydroxyl groups is 2. The molecule has 0 saturated carbocycles. The minimum atomic E-state index is -0.529. The normalized spacial score (nSPS) is 17.5. The van der Waals surface area contributed by atoms with Crippen molar-refractivity contribution < 1.29 is 10.2 Å². The van der Waals surface area contributed by atoms with Gasteiger partial charge < -0.3 is 15.9 Å². The van der Waals surface area contributed by atoms with Crippen LogP contribution in [0.1, 0.15) is 33.6 Å². The van der Waals surface area contributed by atoms with E-state index in [9.17, 15) is 0 Å². The first-order valence-corrected chi connectivity index (χ1v) is 4.34. The predicted octanol–water partition coefficient (Wildman–Crippen LogP) is 0.495. The van der Waals surface area contributed by atoms with Crippen molar-refractivity contribution in [2.45, 2.75) is 39.2 Å². The third-order valence-corrected chi connectivity index (χ3v) is 2.03. The zero-order valence-electron chi connectivity index (χ0n) is 8.30. The van der Waals surface area contributed by atoms with Crippen LogP contribution < -0.4 is 5.73 Å². The molecule has 4 N–H and O–H groups in total. The summed E-state index contributed by atoms with van der Waals surface area (Å²) in [5.74, 6) is 0. The van der Waals surface area contributed by atoms with Crippen LogP contribution in [0, 0.1) is 5.41 Å². The number of hydrogen-bond acceptors (Lipinski definition) is 3. The van der Waals surface area contributed by atoms with Crippen LogP contribution in [0.4, 0.5) is 0 Å². The summed E-state index contributed by atoms with van der Waals surface area (Å²) in [6.45, 7) is 6.08. The molecule has 0 rings (SSSR count). The second kappa shape index (κ2) is 4.21. The predicted molar refractivity (Wildman–Crippen MR) is 49.8 cm³/mol. The number of aliphatic hydroxyl groups excluding tert-OH is 2. The Labute approximate surface area is 74.6 Å². The number of rotatable bonds is 5. The quantitative estimate of drug-likeness (QED) is 0.570. The van der Waals surface area contributed by atoms with Crippen molar-refractivity contribution in [3.8, 4) is 0 Å². The molecule has 0 fully saturated rings. The molecule has 0 aromatic carbocycles. The highest BCUT2D eigenvalue weighted by atomic mass is 16.3. The molecule has 0 radical (unpaired) electrons. The second-order valence-electron chi connectivity index (χ2n) is 4.63. The Morgan fingerprint density at radius 2 is 1.67 bits per heavy atom. The summed E-state index contributed by atoms with van der Waals surface area (Å²) in [7, 11) is 0. The Morgan fingerprint density at radius 3 is 2.00 bits per heavy atom. The molecule has 1 atom stereocenters. The average Bonchev–Trinajstić information content (AvgIpc) is 1.85. The summed E-state index contributed by atoms with van der Waals surface area (Å²) in [6.07, 6.45) is 1.44. The van der Waals surface area contributed by atoms with Crippen LogP contribution in [0.15, 0.2) is 0 Å². The summed E-state index contributed by atoms with van der Waals surface area (Å²) in [5, 5.41) is 17.7. The summed E-state index contributed by atoms with van der Waals surface area (Å²) in [4.78, 5) is 0. The highest BCUT2D eigenvalue weighted by molar-refractivity contribution is 4.85. The molecule has 0 amide bonds. The van der Waals surface area contributed by atoms with Crippen LogP contribution in [0.3, 0.4) is 0 Å². The van der Waals surface area contributed by atoms with Crippen molar-refractivity contribution in [3.63, 3.8) is 0 Å². The van der Waals surface area contributed by atoms with Gasteiger partial charge in [-0.25, -0.2) is 0 Å². The monoisotopic (exact) mass is 175 g/mol. The van der Waals surface area contributed by atoms with E-state index >= 15 is 0 Å². The topological polar surface area (TPSA) is 66.5 Å². The molecule has 0 aromatic heterocycles. The molecule has 0 saturated heterocycles. The van der Waals surface area contributed by atoms with Gasteiger partial charge in [-0.15, -0.1) is 0 Å². The maximum Gasteiger partial charge on any atom is 0.0608 e. The first-order chi connectivity index (χ1) is 5.33. The Bertz CT molecular complexity index is 132. The van der Waals surface area contributed by atoms with E-state index in [1.54, 1.807) is 0 Å². The number of nitrogens with two attached hydrogens (primary N) is 1. The minimum absolute atomic E-state index is 0.000972. The molecule has 0 heterocycles. The summed E-state index contributed by atoms with van der Waals surface area (Å²) in [6, 6.07) is 0. The van der Waals surface area contributed by atoms with Gasteiger partial charge in [-0.2, -0.15) is 0 Å². The highest BCUT2D eigenvalue weighted by Gasteiger charge is 2.28. The van der Waals surface area contributed by atoms with Crippen LogP contribution in [-0.4, -0.2) is 29.0 Å². The third-order valence-electron chi connectivity index (χ3n) is 2.03. The van der Waals surface area contributed by atoms with Crippen LogP contribution >= 0.6 is 0 Å². The van der Waals surface area contributed by atoms with Crippen LogP contribution in [0.25, 0.3) is 0 Å². The van der Waals surface area contributed by atoms with Crippen LogP contribution in [0.5, 0.6) is 0 Å². The van der Waals surface area contributed by atoms with Crippen molar-refractivity contribution in [2.24, 2.45) is 11.1 Å². The van der Waals surface area contributed by atoms with Crippen molar-refractivity contribution >= 4 is 0 Å². The zero-order chi connectivity index (χ0) is 9.83. The zero-order valence-corrected chi connectivity index (χ0v) is 8.30. The molecule has 3 heteroatoms. The van der Waals surface area contributed by atoms with Crippen LogP contribution in [0.2, 0.25) is 0 Å². The molecule has 0 aliphatic carbocycles. The molecule has 74 valence electrons. The molecule has 3 nitrogen and oxygen atoms in total. The summed E-state index contributed by atoms with van der Waals surface area (Å²) >= 11 is 0. The van der Waals surface area contributed by atoms with Crippen molar-refractivity contribution in [1.82, 2.24) is 0 Å². The van der Waals surface area contributed by atoms with Gasteiger partial charge in [0.1, 0.15) is 0 Å². The lowest BCUT2D eigenvalue weighted by Crippen LogP contribution is -2.44. The Morgan fingerprint density at radius 1 is 1.17 bits per heavy atom. The highest BCUT2D eigenvalue weighted by Crippen LogP contribution is 2.29. The fourth-order valence-electron chi connectivity index (χ4n) is 1.54. The van der Waals surface area contributed by atoms with Crippen molar-refractivity contribution in [3.05, 3.63) is 0 Å². The molecule has 0 aliphatic rings. The van der Waals surface area contributed by atoms with E-state index in [-0.39, 0.29) is 18.6 Å². The maximum absolute atomic E-state index is 8.94. The van der Waals surface area contributed by atoms with Gasteiger partial charge in [0.25, 0.3) is 0 Å². The van der Waals surface area contributed by atoms with Gasteiger partial charge in [0, 0.05) is 12.1 Å². The molecular formula is C9H21NO2. The average molecular weight is 175 g/mol. The van der Waals surface area contributed by atoms with E-state index in [0.717, 1.165) is 12.8 Å². The summed E-state index contributed by atoms with van der Waals surface area (Å²) in [5.41, 5.74) is 5.27. The lowest BCUT2D eigenvalue weighted by molar-refractivity contribution is 0.128. The fourth-order valence-corrected chi connectivity index (χ4v) is 1.54. The van der Waals surface area contributed by atoms with E-state index < -0.39 is 5.54 Å². The first kappa shape index (κ1) is 11.9. The van der Waals surface area contributed by atoms with Crippen molar-refractivity contribution in [2.75, 3.05) is 13.2 Å². The SMILES string of the molecule is CC(C)(CCO)CC(C)(N)CO. The van der Waals surface area contributed by atoms with E-state index in [0.29, 0.717) is 0 Å². The first-order valence-electron chi connectivity index (χ1n) is 4.34. The molecule has 1 unspecified atom stereocenters. The number of hydrogen-bond donors (Lipinski definition) is 3. The van der Waals surface area contributed by atoms with Gasteiger partial charge >= 0.3 is 0 Å². The van der Waals surface area contributed by atoms with E-state index in [1.807, 2.05) is 20.8 Å². The van der Waals surface area contributed by atoms with Crippen LogP contribution in [-0.2, 0) is 0 Å². The van der Waals surface area contributed by atoms with Gasteiger partial charge in [-0.05, 0) is 25.2 Å². The molecule has 12 heavy (non-hydrogen) atoms. The van der Waals surface area contributed by atoms with Gasteiger partial charge in [0.05, 0.1) is 6.61 Å². The van der Waals surface area contributed by atoms with Gasteiger partial charge in [-0.3, -0.25) is 0 Å². The van der Waals surface area contributed by atoms with Crippen molar-refractivity contribution in [1.29, 1.82) is 0 Å². The molecule has 0 spiro atoms. The van der Waals surface area contributed by atoms with E-state index in [4.69, 9.17) is 15.9 Å². The summed E-state index contributed by atoms with van der Waals surface area (Å²) < 4.78 is 0. The largest absolute Gasteiger partial charge is 0.396 e. The second-order valence-corrected chi connectivity index (χ2v) is 4.63. The lowest BCUT2D eigenvalue weighted by Gasteiger charge is -2.33. The standard InChI is InChI=1S/C9H21NO2/c1-8(2,4-5-11)6-9(3,10)7-12/h11-12H,4-7,10H2,1-3H3. The Balaban J connectivity index is 4.04. The molecule has 0 aliphatic heterocycles. The molecule has 0 aromatic rings. The Hall–Kier alpha value is -0.120. The lowest BCUT2D eigenvalue weighted by atomic mass is 9.78. The van der Waals surface area contributed by atoms with E-state index in [2.05, 4.69) is 0 Å². The fraction of sp³-hybridized carbons (Fsp3) is 1.00. The molecule has 0 bridgehead atoms. The third kappa shape index (κ3) is 4.70. The minimum Gasteiger partial charge on any atom is -0.396 e. The smallest absolute Gasteiger partial charge is 0.0608 e. The van der Waals surface area contributed by atoms with Gasteiger partial charge in [0.15, 0.2) is 0 Å². The van der Waals surface area contributed by atoms with E-state index in [1.165, 1.54) is 0 Å². The van der Waals surface area contributed by atoms with Gasteiger partial charge in [-0.1, -0.05) is 13.8 Å².